The molecular formula is C13H20O5. The SMILES string of the molecule is CCOC(=O)C[C@H]1CC/C(=C(\C)C(=O)OCC)O1. The molecule has 0 unspecified atom stereocenters. The summed E-state index contributed by atoms with van der Waals surface area (Å²) in [6.45, 7) is 5.92. The van der Waals surface area contributed by atoms with Gasteiger partial charge in [0.25, 0.3) is 0 Å². The molecule has 0 N–H and O–H groups in total. The minimum absolute atomic E-state index is 0.191. The van der Waals surface area contributed by atoms with Crippen LogP contribution in [0.15, 0.2) is 11.3 Å². The lowest BCUT2D eigenvalue weighted by molar-refractivity contribution is -0.145. The van der Waals surface area contributed by atoms with Gasteiger partial charge < -0.3 is 14.2 Å². The van der Waals surface area contributed by atoms with E-state index < -0.39 is 0 Å². The van der Waals surface area contributed by atoms with Crippen molar-refractivity contribution >= 4 is 11.9 Å². The van der Waals surface area contributed by atoms with Crippen molar-refractivity contribution in [2.24, 2.45) is 0 Å². The molecule has 1 heterocycles. The molecular weight excluding hydrogens is 236 g/mol. The molecule has 0 aromatic heterocycles. The van der Waals surface area contributed by atoms with Crippen LogP contribution in [-0.4, -0.2) is 31.3 Å². The molecule has 0 aliphatic carbocycles. The summed E-state index contributed by atoms with van der Waals surface area (Å²) in [5.74, 6) is 0.00423. The van der Waals surface area contributed by atoms with Crippen LogP contribution >= 0.6 is 0 Å². The molecule has 0 saturated carbocycles. The second-order valence-corrected chi connectivity index (χ2v) is 4.06. The third-order valence-corrected chi connectivity index (χ3v) is 2.70. The quantitative estimate of drug-likeness (QED) is 0.556. The average Bonchev–Trinajstić information content (AvgIpc) is 2.77. The van der Waals surface area contributed by atoms with E-state index in [0.717, 1.165) is 6.42 Å². The summed E-state index contributed by atoms with van der Waals surface area (Å²) in [6, 6.07) is 0. The molecule has 0 amide bonds. The van der Waals surface area contributed by atoms with E-state index in [1.807, 2.05) is 0 Å². The van der Waals surface area contributed by atoms with Crippen molar-refractivity contribution in [2.45, 2.75) is 46.1 Å². The molecule has 102 valence electrons. The number of allylic oxidation sites excluding steroid dienone is 1. The van der Waals surface area contributed by atoms with E-state index in [0.29, 0.717) is 31.0 Å². The number of hydrogen-bond donors (Lipinski definition) is 0. The Hall–Kier alpha value is -1.52. The van der Waals surface area contributed by atoms with Gasteiger partial charge in [0.05, 0.1) is 25.2 Å². The molecule has 1 aliphatic heterocycles. The Kier molecular flexibility index (Phi) is 5.68. The molecule has 0 aromatic rings. The monoisotopic (exact) mass is 256 g/mol. The molecule has 1 atom stereocenters. The lowest BCUT2D eigenvalue weighted by Crippen LogP contribution is -2.15. The topological polar surface area (TPSA) is 61.8 Å². The van der Waals surface area contributed by atoms with E-state index in [4.69, 9.17) is 14.2 Å². The number of carbonyl (C=O) groups is 2. The fourth-order valence-electron chi connectivity index (χ4n) is 1.79. The van der Waals surface area contributed by atoms with Crippen molar-refractivity contribution < 1.29 is 23.8 Å². The minimum atomic E-state index is -0.357. The Morgan fingerprint density at radius 3 is 2.56 bits per heavy atom. The largest absolute Gasteiger partial charge is 0.494 e. The van der Waals surface area contributed by atoms with E-state index in [1.54, 1.807) is 20.8 Å². The van der Waals surface area contributed by atoms with Gasteiger partial charge in [0.2, 0.25) is 0 Å². The number of esters is 2. The first-order valence-corrected chi connectivity index (χ1v) is 6.27. The summed E-state index contributed by atoms with van der Waals surface area (Å²) in [5.41, 5.74) is 0.489. The zero-order valence-electron chi connectivity index (χ0n) is 11.2. The fraction of sp³-hybridized carbons (Fsp3) is 0.692. The van der Waals surface area contributed by atoms with Crippen LogP contribution in [-0.2, 0) is 23.8 Å². The molecule has 0 aromatic carbocycles. The second kappa shape index (κ2) is 7.03. The van der Waals surface area contributed by atoms with Gasteiger partial charge in [-0.05, 0) is 27.2 Å². The maximum Gasteiger partial charge on any atom is 0.337 e. The van der Waals surface area contributed by atoms with Crippen molar-refractivity contribution in [3.63, 3.8) is 0 Å². The van der Waals surface area contributed by atoms with E-state index in [2.05, 4.69) is 0 Å². The van der Waals surface area contributed by atoms with Crippen LogP contribution in [0, 0.1) is 0 Å². The third-order valence-electron chi connectivity index (χ3n) is 2.70. The van der Waals surface area contributed by atoms with Gasteiger partial charge in [0.1, 0.15) is 11.9 Å². The maximum absolute atomic E-state index is 11.5. The van der Waals surface area contributed by atoms with Crippen molar-refractivity contribution in [3.05, 3.63) is 11.3 Å². The molecule has 1 aliphatic rings. The highest BCUT2D eigenvalue weighted by molar-refractivity contribution is 5.88. The van der Waals surface area contributed by atoms with E-state index in [9.17, 15) is 9.59 Å². The summed E-state index contributed by atoms with van der Waals surface area (Å²) in [4.78, 5) is 22.8. The summed E-state index contributed by atoms with van der Waals surface area (Å²) >= 11 is 0. The van der Waals surface area contributed by atoms with Crippen molar-refractivity contribution in [2.75, 3.05) is 13.2 Å². The third kappa shape index (κ3) is 4.05. The van der Waals surface area contributed by atoms with Gasteiger partial charge in [0.15, 0.2) is 0 Å². The summed E-state index contributed by atoms with van der Waals surface area (Å²) in [5, 5.41) is 0. The van der Waals surface area contributed by atoms with Crippen LogP contribution in [0.1, 0.15) is 40.0 Å². The molecule has 1 fully saturated rings. The maximum atomic E-state index is 11.5. The molecule has 0 radical (unpaired) electrons. The molecule has 5 nitrogen and oxygen atoms in total. The van der Waals surface area contributed by atoms with Crippen LogP contribution in [0.4, 0.5) is 0 Å². The highest BCUT2D eigenvalue weighted by atomic mass is 16.5. The number of ether oxygens (including phenoxy) is 3. The average molecular weight is 256 g/mol. The normalized spacial score (nSPS) is 21.2. The van der Waals surface area contributed by atoms with Gasteiger partial charge in [-0.3, -0.25) is 4.79 Å². The summed E-state index contributed by atoms with van der Waals surface area (Å²) < 4.78 is 15.3. The zero-order chi connectivity index (χ0) is 13.5. The summed E-state index contributed by atoms with van der Waals surface area (Å²) in [7, 11) is 0. The molecule has 1 saturated heterocycles. The minimum Gasteiger partial charge on any atom is -0.494 e. The molecule has 18 heavy (non-hydrogen) atoms. The zero-order valence-corrected chi connectivity index (χ0v) is 11.2. The van der Waals surface area contributed by atoms with E-state index in [1.165, 1.54) is 0 Å². The van der Waals surface area contributed by atoms with Crippen LogP contribution < -0.4 is 0 Å². The van der Waals surface area contributed by atoms with Crippen molar-refractivity contribution in [3.8, 4) is 0 Å². The van der Waals surface area contributed by atoms with E-state index in [-0.39, 0.29) is 24.5 Å². The highest BCUT2D eigenvalue weighted by Crippen LogP contribution is 2.28. The molecule has 0 bridgehead atoms. The van der Waals surface area contributed by atoms with Crippen LogP contribution in [0.25, 0.3) is 0 Å². The number of hydrogen-bond acceptors (Lipinski definition) is 5. The van der Waals surface area contributed by atoms with Crippen LogP contribution in [0.2, 0.25) is 0 Å². The molecule has 1 rings (SSSR count). The first-order chi connectivity index (χ1) is 8.58. The van der Waals surface area contributed by atoms with Gasteiger partial charge in [-0.2, -0.15) is 0 Å². The number of rotatable bonds is 5. The summed E-state index contributed by atoms with van der Waals surface area (Å²) in [6.07, 6.45) is 1.43. The van der Waals surface area contributed by atoms with Crippen molar-refractivity contribution in [1.29, 1.82) is 0 Å². The first-order valence-electron chi connectivity index (χ1n) is 6.27. The van der Waals surface area contributed by atoms with Crippen LogP contribution in [0.3, 0.4) is 0 Å². The predicted molar refractivity (Wildman–Crippen MR) is 64.7 cm³/mol. The van der Waals surface area contributed by atoms with Gasteiger partial charge >= 0.3 is 11.9 Å². The molecule has 0 spiro atoms. The second-order valence-electron chi connectivity index (χ2n) is 4.06. The van der Waals surface area contributed by atoms with Crippen molar-refractivity contribution in [1.82, 2.24) is 0 Å². The standard InChI is InChI=1S/C13H20O5/c1-4-16-12(14)8-10-6-7-11(18-10)9(3)13(15)17-5-2/h10H,4-8H2,1-3H3/b11-9-/t10-/m1/s1. The Labute approximate surface area is 107 Å². The lowest BCUT2D eigenvalue weighted by Gasteiger charge is -2.11. The predicted octanol–water partition coefficient (Wildman–Crippen LogP) is 1.96. The highest BCUT2D eigenvalue weighted by Gasteiger charge is 2.27. The lowest BCUT2D eigenvalue weighted by atomic mass is 10.1. The van der Waals surface area contributed by atoms with Gasteiger partial charge in [-0.15, -0.1) is 0 Å². The number of carbonyl (C=O) groups excluding carboxylic acids is 2. The smallest absolute Gasteiger partial charge is 0.337 e. The van der Waals surface area contributed by atoms with Crippen LogP contribution in [0.5, 0.6) is 0 Å². The molecule has 5 heteroatoms. The van der Waals surface area contributed by atoms with Gasteiger partial charge in [-0.1, -0.05) is 0 Å². The Morgan fingerprint density at radius 1 is 1.28 bits per heavy atom. The van der Waals surface area contributed by atoms with Gasteiger partial charge in [-0.25, -0.2) is 4.79 Å². The van der Waals surface area contributed by atoms with E-state index >= 15 is 0 Å². The first kappa shape index (κ1) is 14.5. The fourth-order valence-corrected chi connectivity index (χ4v) is 1.79. The van der Waals surface area contributed by atoms with Gasteiger partial charge in [0, 0.05) is 6.42 Å². The Balaban J connectivity index is 2.52. The Bertz CT molecular complexity index is 345. The Morgan fingerprint density at radius 2 is 1.94 bits per heavy atom.